The molecule has 0 atom stereocenters. The van der Waals surface area contributed by atoms with Gasteiger partial charge in [0.05, 0.1) is 41.6 Å². The molecule has 0 aromatic heterocycles. The Bertz CT molecular complexity index is 1680. The highest BCUT2D eigenvalue weighted by Gasteiger charge is 2.39. The number of ether oxygens (including phenoxy) is 1. The highest BCUT2D eigenvalue weighted by Crippen LogP contribution is 2.45. The fourth-order valence-corrected chi connectivity index (χ4v) is 4.94. The second kappa shape index (κ2) is 10.8. The number of hydrogen-bond acceptors (Lipinski definition) is 3. The fraction of sp³-hybridized carbons (Fsp3) is 0.125. The molecule has 0 saturated heterocycles. The molecule has 4 aromatic rings. The number of para-hydroxylation sites is 1. The Labute approximate surface area is 236 Å². The lowest BCUT2D eigenvalue weighted by atomic mass is 9.88. The summed E-state index contributed by atoms with van der Waals surface area (Å²) < 4.78 is 87.7. The van der Waals surface area contributed by atoms with Crippen LogP contribution in [0, 0.1) is 0 Å². The number of methoxy groups -OCH3 is 1. The maximum Gasteiger partial charge on any atom is 0.416 e. The molecule has 0 saturated carbocycles. The Kier molecular flexibility index (Phi) is 7.40. The number of halogens is 6. The number of nitrogens with zero attached hydrogens (tertiary/aromatic N) is 1. The number of carbonyl (C=O) groups is 2. The van der Waals surface area contributed by atoms with Crippen LogP contribution in [-0.4, -0.2) is 19.0 Å². The summed E-state index contributed by atoms with van der Waals surface area (Å²) in [6.07, 6.45) is -10.1. The van der Waals surface area contributed by atoms with Crippen molar-refractivity contribution in [1.82, 2.24) is 0 Å². The van der Waals surface area contributed by atoms with Gasteiger partial charge in [-0.15, -0.1) is 0 Å². The molecule has 214 valence electrons. The molecule has 0 radical (unpaired) electrons. The number of amides is 1. The van der Waals surface area contributed by atoms with Gasteiger partial charge in [0.1, 0.15) is 0 Å². The first-order valence-electron chi connectivity index (χ1n) is 12.6. The van der Waals surface area contributed by atoms with Crippen LogP contribution in [0.4, 0.5) is 32.0 Å². The fourth-order valence-electron chi connectivity index (χ4n) is 4.94. The maximum absolute atomic E-state index is 14.1. The topological polar surface area (TPSA) is 46.6 Å². The van der Waals surface area contributed by atoms with Gasteiger partial charge in [-0.05, 0) is 53.1 Å². The molecule has 1 aliphatic heterocycles. The van der Waals surface area contributed by atoms with E-state index in [2.05, 4.69) is 0 Å². The van der Waals surface area contributed by atoms with Gasteiger partial charge in [0, 0.05) is 11.1 Å². The Hall–Kier alpha value is -4.86. The Morgan fingerprint density at radius 2 is 1.31 bits per heavy atom. The van der Waals surface area contributed by atoms with Crippen LogP contribution in [0.2, 0.25) is 0 Å². The molecule has 0 spiro atoms. The second-order valence-corrected chi connectivity index (χ2v) is 9.51. The minimum absolute atomic E-state index is 0.0252. The third-order valence-electron chi connectivity index (χ3n) is 6.80. The summed E-state index contributed by atoms with van der Waals surface area (Å²) in [5, 5.41) is 0. The number of alkyl halides is 6. The molecule has 0 unspecified atom stereocenters. The summed E-state index contributed by atoms with van der Waals surface area (Å²) >= 11 is 0. The summed E-state index contributed by atoms with van der Waals surface area (Å²) in [5.41, 5.74) is -1.68. The predicted octanol–water partition coefficient (Wildman–Crippen LogP) is 8.02. The molecule has 0 fully saturated rings. The largest absolute Gasteiger partial charge is 0.465 e. The molecular weight excluding hydrogens is 560 g/mol. The lowest BCUT2D eigenvalue weighted by Gasteiger charge is -2.19. The van der Waals surface area contributed by atoms with Gasteiger partial charge in [0.15, 0.2) is 0 Å². The summed E-state index contributed by atoms with van der Waals surface area (Å²) in [6, 6.07) is 22.1. The minimum atomic E-state index is -5.07. The third-order valence-corrected chi connectivity index (χ3v) is 6.80. The predicted molar refractivity (Wildman–Crippen MR) is 144 cm³/mol. The molecule has 5 rings (SSSR count). The lowest BCUT2D eigenvalue weighted by Crippen LogP contribution is -2.26. The number of anilines is 1. The standard InChI is InChI=1S/C32H21F6NO3/c1-42-30(41)21-11-7-8-19(14-21)18-39-26-13-6-5-12-25(26)28(29(39)40)27(20-9-3-2-4-10-20)22-15-23(31(33,34)35)17-24(16-22)32(36,37)38/h2-17H,18H2,1H3/b28-27+. The van der Waals surface area contributed by atoms with E-state index in [1.54, 1.807) is 66.7 Å². The average Bonchev–Trinajstić information content (AvgIpc) is 3.23. The SMILES string of the molecule is COC(=O)c1cccc(CN2C(=O)/C(=C(\c3ccccc3)c3cc(C(F)(F)F)cc(C(F)(F)F)c3)c3ccccc32)c1. The van der Waals surface area contributed by atoms with E-state index in [0.717, 1.165) is 0 Å². The van der Waals surface area contributed by atoms with E-state index >= 15 is 0 Å². The first-order chi connectivity index (χ1) is 19.9. The van der Waals surface area contributed by atoms with Gasteiger partial charge < -0.3 is 9.64 Å². The zero-order chi connectivity index (χ0) is 30.2. The van der Waals surface area contributed by atoms with Crippen LogP contribution >= 0.6 is 0 Å². The Balaban J connectivity index is 1.75. The first kappa shape index (κ1) is 28.7. The van der Waals surface area contributed by atoms with E-state index < -0.39 is 40.9 Å². The second-order valence-electron chi connectivity index (χ2n) is 9.51. The van der Waals surface area contributed by atoms with Crippen LogP contribution in [-0.2, 0) is 28.4 Å². The molecule has 1 amide bonds. The van der Waals surface area contributed by atoms with Crippen molar-refractivity contribution in [3.8, 4) is 0 Å². The summed E-state index contributed by atoms with van der Waals surface area (Å²) in [4.78, 5) is 27.5. The number of fused-ring (bicyclic) bond motifs is 1. The van der Waals surface area contributed by atoms with Gasteiger partial charge in [0.2, 0.25) is 0 Å². The number of rotatable bonds is 5. The minimum Gasteiger partial charge on any atom is -0.465 e. The van der Waals surface area contributed by atoms with Crippen molar-refractivity contribution in [2.24, 2.45) is 0 Å². The van der Waals surface area contributed by atoms with Gasteiger partial charge in [0.25, 0.3) is 5.91 Å². The smallest absolute Gasteiger partial charge is 0.416 e. The van der Waals surface area contributed by atoms with E-state index in [9.17, 15) is 35.9 Å². The van der Waals surface area contributed by atoms with E-state index in [1.165, 1.54) is 24.1 Å². The van der Waals surface area contributed by atoms with Crippen molar-refractivity contribution in [3.63, 3.8) is 0 Å². The van der Waals surface area contributed by atoms with Crippen LogP contribution in [0.25, 0.3) is 11.1 Å². The monoisotopic (exact) mass is 581 g/mol. The van der Waals surface area contributed by atoms with Crippen molar-refractivity contribution >= 4 is 28.7 Å². The van der Waals surface area contributed by atoms with Gasteiger partial charge in [-0.2, -0.15) is 26.3 Å². The third kappa shape index (κ3) is 5.52. The molecule has 0 bridgehead atoms. The molecule has 42 heavy (non-hydrogen) atoms. The first-order valence-corrected chi connectivity index (χ1v) is 12.6. The quantitative estimate of drug-likeness (QED) is 0.136. The van der Waals surface area contributed by atoms with Crippen molar-refractivity contribution in [1.29, 1.82) is 0 Å². The molecule has 0 aliphatic carbocycles. The van der Waals surface area contributed by atoms with E-state index in [-0.39, 0.29) is 34.9 Å². The number of benzene rings is 4. The van der Waals surface area contributed by atoms with E-state index in [4.69, 9.17) is 4.74 Å². The van der Waals surface area contributed by atoms with Crippen molar-refractivity contribution in [2.45, 2.75) is 18.9 Å². The zero-order valence-corrected chi connectivity index (χ0v) is 21.9. The van der Waals surface area contributed by atoms with Crippen molar-refractivity contribution in [2.75, 3.05) is 12.0 Å². The molecular formula is C32H21F6NO3. The summed E-state index contributed by atoms with van der Waals surface area (Å²) in [5.74, 6) is -1.20. The highest BCUT2D eigenvalue weighted by atomic mass is 19.4. The van der Waals surface area contributed by atoms with Gasteiger partial charge in [-0.25, -0.2) is 4.79 Å². The number of hydrogen-bond donors (Lipinski definition) is 0. The van der Waals surface area contributed by atoms with Crippen molar-refractivity contribution in [3.05, 3.63) is 136 Å². The van der Waals surface area contributed by atoms with Gasteiger partial charge >= 0.3 is 18.3 Å². The Morgan fingerprint density at radius 1 is 0.714 bits per heavy atom. The normalized spacial score (nSPS) is 14.5. The molecule has 10 heteroatoms. The molecule has 4 nitrogen and oxygen atoms in total. The lowest BCUT2D eigenvalue weighted by molar-refractivity contribution is -0.143. The maximum atomic E-state index is 14.1. The molecule has 1 aliphatic rings. The van der Waals surface area contributed by atoms with Crippen molar-refractivity contribution < 1.29 is 40.7 Å². The molecule has 4 aromatic carbocycles. The van der Waals surface area contributed by atoms with Crippen LogP contribution < -0.4 is 4.90 Å². The average molecular weight is 582 g/mol. The zero-order valence-electron chi connectivity index (χ0n) is 21.9. The van der Waals surface area contributed by atoms with Gasteiger partial charge in [-0.1, -0.05) is 60.7 Å². The van der Waals surface area contributed by atoms with Crippen LogP contribution in [0.1, 0.15) is 43.7 Å². The highest BCUT2D eigenvalue weighted by molar-refractivity contribution is 6.38. The molecule has 0 N–H and O–H groups in total. The van der Waals surface area contributed by atoms with Crippen LogP contribution in [0.15, 0.2) is 97.1 Å². The number of carbonyl (C=O) groups excluding carboxylic acids is 2. The summed E-state index contributed by atoms with van der Waals surface area (Å²) in [7, 11) is 1.23. The summed E-state index contributed by atoms with van der Waals surface area (Å²) in [6.45, 7) is -0.0252. The van der Waals surface area contributed by atoms with E-state index in [1.807, 2.05) is 0 Å². The number of esters is 1. The van der Waals surface area contributed by atoms with E-state index in [0.29, 0.717) is 28.9 Å². The molecule has 1 heterocycles. The van der Waals surface area contributed by atoms with Crippen LogP contribution in [0.3, 0.4) is 0 Å². The van der Waals surface area contributed by atoms with Crippen LogP contribution in [0.5, 0.6) is 0 Å². The van der Waals surface area contributed by atoms with Gasteiger partial charge in [-0.3, -0.25) is 4.79 Å². The Morgan fingerprint density at radius 3 is 1.93 bits per heavy atom.